The second-order valence-electron chi connectivity index (χ2n) is 9.38. The van der Waals surface area contributed by atoms with Crippen molar-refractivity contribution < 1.29 is 18.7 Å². The number of benzene rings is 1. The van der Waals surface area contributed by atoms with Crippen LogP contribution in [0.2, 0.25) is 0 Å². The highest BCUT2D eigenvalue weighted by atomic mass is 19.1. The maximum Gasteiger partial charge on any atom is 0.266 e. The summed E-state index contributed by atoms with van der Waals surface area (Å²) in [6.45, 7) is 7.01. The number of aromatic nitrogens is 2. The summed E-state index contributed by atoms with van der Waals surface area (Å²) in [4.78, 5) is 28.1. The third-order valence-corrected chi connectivity index (χ3v) is 7.23. The molecular weight excluding hydrogens is 451 g/mol. The van der Waals surface area contributed by atoms with Gasteiger partial charge in [-0.05, 0) is 32.2 Å². The Morgan fingerprint density at radius 1 is 1.14 bits per heavy atom. The Morgan fingerprint density at radius 2 is 1.89 bits per heavy atom. The molecule has 0 spiro atoms. The third kappa shape index (κ3) is 4.32. The molecule has 1 unspecified atom stereocenters. The fraction of sp³-hybridized carbons (Fsp3) is 0.480. The molecule has 0 saturated carbocycles. The number of piperazine rings is 1. The summed E-state index contributed by atoms with van der Waals surface area (Å²) in [6.07, 6.45) is 6.77. The van der Waals surface area contributed by atoms with Gasteiger partial charge in [-0.1, -0.05) is 0 Å². The Kier molecular flexibility index (Phi) is 6.33. The van der Waals surface area contributed by atoms with Gasteiger partial charge < -0.3 is 29.9 Å². The molecule has 1 amide bonds. The van der Waals surface area contributed by atoms with E-state index in [1.165, 1.54) is 12.3 Å². The maximum absolute atomic E-state index is 15.6. The van der Waals surface area contributed by atoms with Crippen LogP contribution in [-0.4, -0.2) is 79.8 Å². The standard InChI is InChI=1S/C25H31FN6O3/c1-17-16-32(6-5-30(17)2)22-13-21(26)19(12-20(22)25(23(27)33)4-3-9-35-25)18-14-28-24(29-15-18)31-7-10-34-11-8-31/h3,9,12-15,17H,4-8,10-11,16H2,1-2H3,(H2,27,33)/t17-,25?/m1/s1. The van der Waals surface area contributed by atoms with Crippen LogP contribution in [0.3, 0.4) is 0 Å². The molecule has 3 aliphatic rings. The van der Waals surface area contributed by atoms with Gasteiger partial charge in [0.15, 0.2) is 0 Å². The van der Waals surface area contributed by atoms with E-state index in [-0.39, 0.29) is 12.5 Å². The van der Waals surface area contributed by atoms with Gasteiger partial charge >= 0.3 is 0 Å². The van der Waals surface area contributed by atoms with E-state index in [1.807, 2.05) is 4.90 Å². The minimum absolute atomic E-state index is 0.271. The van der Waals surface area contributed by atoms with Gasteiger partial charge in [0.05, 0.1) is 19.5 Å². The zero-order valence-electron chi connectivity index (χ0n) is 20.1. The van der Waals surface area contributed by atoms with E-state index in [2.05, 4.69) is 33.7 Å². The van der Waals surface area contributed by atoms with Crippen molar-refractivity contribution >= 4 is 17.5 Å². The lowest BCUT2D eigenvalue weighted by atomic mass is 9.86. The molecule has 0 bridgehead atoms. The van der Waals surface area contributed by atoms with Crippen LogP contribution < -0.4 is 15.5 Å². The van der Waals surface area contributed by atoms with Crippen LogP contribution >= 0.6 is 0 Å². The topological polar surface area (TPSA) is 97.1 Å². The third-order valence-electron chi connectivity index (χ3n) is 7.23. The second-order valence-corrected chi connectivity index (χ2v) is 9.38. The molecule has 0 aliphatic carbocycles. The SMILES string of the molecule is C[C@@H]1CN(c2cc(F)c(-c3cnc(N4CCOCC4)nc3)cc2C2(C(N)=O)CC=CO2)CCN1C. The average Bonchev–Trinajstić information content (AvgIpc) is 3.38. The Bertz CT molecular complexity index is 1110. The van der Waals surface area contributed by atoms with Crippen molar-refractivity contribution in [2.24, 2.45) is 5.73 Å². The van der Waals surface area contributed by atoms with Gasteiger partial charge in [-0.25, -0.2) is 14.4 Å². The van der Waals surface area contributed by atoms with Gasteiger partial charge in [0.1, 0.15) is 5.82 Å². The molecule has 186 valence electrons. The molecule has 2 aromatic rings. The second kappa shape index (κ2) is 9.43. The van der Waals surface area contributed by atoms with Crippen molar-refractivity contribution in [2.45, 2.75) is 25.0 Å². The van der Waals surface area contributed by atoms with E-state index in [0.29, 0.717) is 67.7 Å². The summed E-state index contributed by atoms with van der Waals surface area (Å²) in [5.41, 5.74) is 6.49. The van der Waals surface area contributed by atoms with Crippen LogP contribution in [0.15, 0.2) is 36.9 Å². The maximum atomic E-state index is 15.6. The molecule has 5 rings (SSSR count). The predicted molar refractivity (Wildman–Crippen MR) is 130 cm³/mol. The number of amides is 1. The molecular formula is C25H31FN6O3. The minimum atomic E-state index is -1.39. The van der Waals surface area contributed by atoms with Gasteiger partial charge in [0.25, 0.3) is 5.91 Å². The fourth-order valence-electron chi connectivity index (χ4n) is 4.91. The number of rotatable bonds is 5. The first-order valence-corrected chi connectivity index (χ1v) is 12.0. The zero-order chi connectivity index (χ0) is 24.6. The first-order valence-electron chi connectivity index (χ1n) is 12.0. The average molecular weight is 483 g/mol. The van der Waals surface area contributed by atoms with Crippen molar-refractivity contribution in [3.63, 3.8) is 0 Å². The number of ether oxygens (including phenoxy) is 2. The molecule has 0 radical (unpaired) electrons. The Hall–Kier alpha value is -3.24. The number of halogens is 1. The lowest BCUT2D eigenvalue weighted by Gasteiger charge is -2.41. The first kappa shape index (κ1) is 23.5. The number of hydrogen-bond acceptors (Lipinski definition) is 8. The molecule has 2 N–H and O–H groups in total. The molecule has 2 fully saturated rings. The van der Waals surface area contributed by atoms with Crippen LogP contribution in [0, 0.1) is 5.82 Å². The van der Waals surface area contributed by atoms with Gasteiger partial charge in [-0.3, -0.25) is 4.79 Å². The first-order chi connectivity index (χ1) is 16.9. The number of carbonyl (C=O) groups excluding carboxylic acids is 1. The number of carbonyl (C=O) groups is 1. The summed E-state index contributed by atoms with van der Waals surface area (Å²) in [5, 5.41) is 0. The van der Waals surface area contributed by atoms with Gasteiger partial charge in [0, 0.05) is 80.0 Å². The normalized spacial score (nSPS) is 25.1. The predicted octanol–water partition coefficient (Wildman–Crippen LogP) is 1.87. The van der Waals surface area contributed by atoms with Crippen molar-refractivity contribution in [3.05, 3.63) is 48.2 Å². The highest BCUT2D eigenvalue weighted by Crippen LogP contribution is 2.43. The number of morpholine rings is 1. The lowest BCUT2D eigenvalue weighted by molar-refractivity contribution is -0.136. The van der Waals surface area contributed by atoms with Crippen molar-refractivity contribution in [1.82, 2.24) is 14.9 Å². The smallest absolute Gasteiger partial charge is 0.266 e. The van der Waals surface area contributed by atoms with Gasteiger partial charge in [-0.2, -0.15) is 0 Å². The molecule has 1 aromatic heterocycles. The molecule has 9 nitrogen and oxygen atoms in total. The van der Waals surface area contributed by atoms with E-state index in [1.54, 1.807) is 24.5 Å². The molecule has 2 atom stereocenters. The zero-order valence-corrected chi connectivity index (χ0v) is 20.1. The lowest BCUT2D eigenvalue weighted by Crippen LogP contribution is -2.51. The molecule has 4 heterocycles. The molecule has 3 aliphatic heterocycles. The Morgan fingerprint density at radius 3 is 2.51 bits per heavy atom. The minimum Gasteiger partial charge on any atom is -0.480 e. The number of anilines is 2. The number of primary amides is 1. The van der Waals surface area contributed by atoms with Gasteiger partial charge in [0.2, 0.25) is 11.5 Å². The fourth-order valence-corrected chi connectivity index (χ4v) is 4.91. The molecule has 2 saturated heterocycles. The monoisotopic (exact) mass is 482 g/mol. The largest absolute Gasteiger partial charge is 0.480 e. The van der Waals surface area contributed by atoms with Crippen molar-refractivity contribution in [1.29, 1.82) is 0 Å². The molecule has 1 aromatic carbocycles. The van der Waals surface area contributed by atoms with Crippen molar-refractivity contribution in [2.75, 3.05) is 62.8 Å². The van der Waals surface area contributed by atoms with E-state index < -0.39 is 17.3 Å². The van der Waals surface area contributed by atoms with E-state index in [4.69, 9.17) is 15.2 Å². The van der Waals surface area contributed by atoms with Crippen LogP contribution in [0.25, 0.3) is 11.1 Å². The highest BCUT2D eigenvalue weighted by Gasteiger charge is 2.45. The summed E-state index contributed by atoms with van der Waals surface area (Å²) < 4.78 is 26.8. The highest BCUT2D eigenvalue weighted by molar-refractivity contribution is 5.89. The number of nitrogens with two attached hydrogens (primary N) is 1. The summed E-state index contributed by atoms with van der Waals surface area (Å²) in [7, 11) is 2.07. The summed E-state index contributed by atoms with van der Waals surface area (Å²) in [6, 6.07) is 3.44. The van der Waals surface area contributed by atoms with E-state index in [9.17, 15) is 4.79 Å². The van der Waals surface area contributed by atoms with Crippen LogP contribution in [0.5, 0.6) is 0 Å². The number of hydrogen-bond donors (Lipinski definition) is 1. The van der Waals surface area contributed by atoms with Gasteiger partial charge in [-0.15, -0.1) is 0 Å². The molecule has 10 heteroatoms. The quantitative estimate of drug-likeness (QED) is 0.690. The van der Waals surface area contributed by atoms with E-state index >= 15 is 4.39 Å². The van der Waals surface area contributed by atoms with Crippen LogP contribution in [0.1, 0.15) is 18.9 Å². The number of likely N-dealkylation sites (N-methyl/N-ethyl adjacent to an activating group) is 1. The van der Waals surface area contributed by atoms with Crippen LogP contribution in [0.4, 0.5) is 16.0 Å². The summed E-state index contributed by atoms with van der Waals surface area (Å²) >= 11 is 0. The summed E-state index contributed by atoms with van der Waals surface area (Å²) in [5.74, 6) is -0.441. The van der Waals surface area contributed by atoms with E-state index in [0.717, 1.165) is 6.54 Å². The number of nitrogens with zero attached hydrogens (tertiary/aromatic N) is 5. The van der Waals surface area contributed by atoms with Crippen molar-refractivity contribution in [3.8, 4) is 11.1 Å². The Balaban J connectivity index is 1.56. The Labute approximate surface area is 204 Å². The van der Waals surface area contributed by atoms with Crippen LogP contribution in [-0.2, 0) is 19.9 Å². The molecule has 35 heavy (non-hydrogen) atoms.